The van der Waals surface area contributed by atoms with Crippen LogP contribution in [0.5, 0.6) is 5.75 Å². The standard InChI is InChI=1S/C25H20F2N2O4/c26-25(27)33-20-12-8-17(9-13-20)23(16-4-2-1-3-5-16)28-24(32)18-6-10-19(11-7-18)29-21(30)14-15-22(29)31/h1-13,23,25H,14-15H2,(H,28,32). The SMILES string of the molecule is O=C(NC(c1ccccc1)c1ccc(OC(F)F)cc1)c1ccc(N2C(=O)CCC2=O)cc1. The van der Waals surface area contributed by atoms with E-state index in [2.05, 4.69) is 10.1 Å². The van der Waals surface area contributed by atoms with E-state index in [0.717, 1.165) is 10.5 Å². The number of nitrogens with zero attached hydrogens (tertiary/aromatic N) is 1. The van der Waals surface area contributed by atoms with Crippen LogP contribution >= 0.6 is 0 Å². The predicted octanol–water partition coefficient (Wildman–Crippen LogP) is 4.46. The van der Waals surface area contributed by atoms with Crippen LogP contribution in [0.1, 0.15) is 40.4 Å². The molecular formula is C25H20F2N2O4. The minimum atomic E-state index is -2.92. The van der Waals surface area contributed by atoms with Gasteiger partial charge in [0.1, 0.15) is 5.75 Å². The molecule has 1 heterocycles. The molecule has 1 unspecified atom stereocenters. The highest BCUT2D eigenvalue weighted by Gasteiger charge is 2.30. The van der Waals surface area contributed by atoms with Crippen molar-refractivity contribution in [2.24, 2.45) is 0 Å². The van der Waals surface area contributed by atoms with E-state index in [0.29, 0.717) is 16.8 Å². The zero-order valence-electron chi connectivity index (χ0n) is 17.4. The molecule has 0 spiro atoms. The Kier molecular flexibility index (Phi) is 6.44. The van der Waals surface area contributed by atoms with Gasteiger partial charge in [-0.15, -0.1) is 0 Å². The van der Waals surface area contributed by atoms with Crippen LogP contribution in [-0.2, 0) is 9.59 Å². The van der Waals surface area contributed by atoms with Gasteiger partial charge >= 0.3 is 6.61 Å². The summed E-state index contributed by atoms with van der Waals surface area (Å²) in [7, 11) is 0. The lowest BCUT2D eigenvalue weighted by atomic mass is 9.98. The normalized spacial score (nSPS) is 14.5. The van der Waals surface area contributed by atoms with Crippen molar-refractivity contribution < 1.29 is 27.9 Å². The molecule has 8 heteroatoms. The lowest BCUT2D eigenvalue weighted by molar-refractivity contribution is -0.121. The van der Waals surface area contributed by atoms with E-state index in [4.69, 9.17) is 0 Å². The fraction of sp³-hybridized carbons (Fsp3) is 0.160. The molecule has 0 saturated carbocycles. The van der Waals surface area contributed by atoms with Crippen LogP contribution in [0.4, 0.5) is 14.5 Å². The van der Waals surface area contributed by atoms with Crippen molar-refractivity contribution in [1.82, 2.24) is 5.32 Å². The summed E-state index contributed by atoms with van der Waals surface area (Å²) in [4.78, 5) is 38.0. The number of carbonyl (C=O) groups is 3. The van der Waals surface area contributed by atoms with Gasteiger partial charge in [-0.05, 0) is 47.5 Å². The number of hydrogen-bond acceptors (Lipinski definition) is 4. The molecule has 1 aliphatic heterocycles. The number of imide groups is 1. The Labute approximate surface area is 188 Å². The molecule has 0 aromatic heterocycles. The van der Waals surface area contributed by atoms with E-state index >= 15 is 0 Å². The van der Waals surface area contributed by atoms with Crippen molar-refractivity contribution in [3.8, 4) is 5.75 Å². The molecule has 168 valence electrons. The summed E-state index contributed by atoms with van der Waals surface area (Å²) in [6.45, 7) is -2.92. The number of rotatable bonds is 7. The number of carbonyl (C=O) groups excluding carboxylic acids is 3. The van der Waals surface area contributed by atoms with Crippen LogP contribution in [-0.4, -0.2) is 24.3 Å². The fourth-order valence-electron chi connectivity index (χ4n) is 3.69. The quantitative estimate of drug-likeness (QED) is 0.540. The highest BCUT2D eigenvalue weighted by molar-refractivity contribution is 6.19. The lowest BCUT2D eigenvalue weighted by Crippen LogP contribution is -2.30. The Balaban J connectivity index is 1.55. The van der Waals surface area contributed by atoms with Gasteiger partial charge in [0.15, 0.2) is 0 Å². The van der Waals surface area contributed by atoms with Crippen LogP contribution in [0.25, 0.3) is 0 Å². The molecule has 0 bridgehead atoms. The first-order valence-corrected chi connectivity index (χ1v) is 10.3. The van der Waals surface area contributed by atoms with Gasteiger partial charge in [0.05, 0.1) is 11.7 Å². The molecule has 1 saturated heterocycles. The van der Waals surface area contributed by atoms with Gasteiger partial charge in [0.2, 0.25) is 11.8 Å². The summed E-state index contributed by atoms with van der Waals surface area (Å²) in [5.74, 6) is -0.878. The molecule has 6 nitrogen and oxygen atoms in total. The van der Waals surface area contributed by atoms with Gasteiger partial charge in [0.25, 0.3) is 5.91 Å². The van der Waals surface area contributed by atoms with Crippen molar-refractivity contribution in [2.45, 2.75) is 25.5 Å². The fourth-order valence-corrected chi connectivity index (χ4v) is 3.69. The Bertz CT molecular complexity index is 1130. The van der Waals surface area contributed by atoms with Crippen molar-refractivity contribution in [1.29, 1.82) is 0 Å². The first kappa shape index (κ1) is 22.1. The average molecular weight is 450 g/mol. The summed E-state index contributed by atoms with van der Waals surface area (Å²) in [6.07, 6.45) is 0.363. The third-order valence-corrected chi connectivity index (χ3v) is 5.29. The van der Waals surface area contributed by atoms with Crippen LogP contribution in [0.15, 0.2) is 78.9 Å². The molecule has 4 rings (SSSR count). The smallest absolute Gasteiger partial charge is 0.387 e. The summed E-state index contributed by atoms with van der Waals surface area (Å²) in [5.41, 5.74) is 2.25. The molecule has 1 aliphatic rings. The van der Waals surface area contributed by atoms with Crippen LogP contribution in [0.2, 0.25) is 0 Å². The lowest BCUT2D eigenvalue weighted by Gasteiger charge is -2.21. The van der Waals surface area contributed by atoms with Gasteiger partial charge in [-0.1, -0.05) is 42.5 Å². The summed E-state index contributed by atoms with van der Waals surface area (Å²) < 4.78 is 29.3. The maximum Gasteiger partial charge on any atom is 0.387 e. The van der Waals surface area contributed by atoms with Gasteiger partial charge in [-0.25, -0.2) is 0 Å². The summed E-state index contributed by atoms with van der Waals surface area (Å²) in [5, 5.41) is 2.96. The van der Waals surface area contributed by atoms with Crippen LogP contribution in [0.3, 0.4) is 0 Å². The molecule has 1 N–H and O–H groups in total. The maximum atomic E-state index is 13.0. The number of hydrogen-bond donors (Lipinski definition) is 1. The third-order valence-electron chi connectivity index (χ3n) is 5.29. The molecule has 0 aliphatic carbocycles. The highest BCUT2D eigenvalue weighted by atomic mass is 19.3. The minimum absolute atomic E-state index is 0.0217. The van der Waals surface area contributed by atoms with Gasteiger partial charge < -0.3 is 10.1 Å². The predicted molar refractivity (Wildman–Crippen MR) is 117 cm³/mol. The summed E-state index contributed by atoms with van der Waals surface area (Å²) >= 11 is 0. The number of alkyl halides is 2. The van der Waals surface area contributed by atoms with E-state index in [1.165, 1.54) is 12.1 Å². The van der Waals surface area contributed by atoms with E-state index in [1.54, 1.807) is 36.4 Å². The number of amides is 3. The molecular weight excluding hydrogens is 430 g/mol. The molecule has 1 atom stereocenters. The second-order valence-electron chi connectivity index (χ2n) is 7.43. The van der Waals surface area contributed by atoms with Gasteiger partial charge in [-0.2, -0.15) is 8.78 Å². The largest absolute Gasteiger partial charge is 0.435 e. The Hall–Kier alpha value is -4.07. The number of benzene rings is 3. The molecule has 3 aromatic rings. The monoisotopic (exact) mass is 450 g/mol. The van der Waals surface area contributed by atoms with Crippen molar-refractivity contribution in [3.05, 3.63) is 95.6 Å². The van der Waals surface area contributed by atoms with E-state index < -0.39 is 12.7 Å². The molecule has 0 radical (unpaired) electrons. The Morgan fingerprint density at radius 1 is 0.818 bits per heavy atom. The van der Waals surface area contributed by atoms with E-state index in [9.17, 15) is 23.2 Å². The molecule has 3 aromatic carbocycles. The average Bonchev–Trinajstić information content (AvgIpc) is 3.16. The number of ether oxygens (including phenoxy) is 1. The second kappa shape index (κ2) is 9.60. The van der Waals surface area contributed by atoms with Crippen molar-refractivity contribution in [3.63, 3.8) is 0 Å². The topological polar surface area (TPSA) is 75.7 Å². The van der Waals surface area contributed by atoms with Gasteiger partial charge in [-0.3, -0.25) is 19.3 Å². The van der Waals surface area contributed by atoms with E-state index in [1.807, 2.05) is 30.3 Å². The summed E-state index contributed by atoms with van der Waals surface area (Å²) in [6, 6.07) is 21.0. The minimum Gasteiger partial charge on any atom is -0.435 e. The first-order valence-electron chi connectivity index (χ1n) is 10.3. The number of nitrogens with one attached hydrogen (secondary N) is 1. The van der Waals surface area contributed by atoms with Crippen molar-refractivity contribution in [2.75, 3.05) is 4.90 Å². The highest BCUT2D eigenvalue weighted by Crippen LogP contribution is 2.26. The Morgan fingerprint density at radius 3 is 1.97 bits per heavy atom. The van der Waals surface area contributed by atoms with Crippen molar-refractivity contribution >= 4 is 23.4 Å². The maximum absolute atomic E-state index is 13.0. The molecule has 1 fully saturated rings. The van der Waals surface area contributed by atoms with E-state index in [-0.39, 0.29) is 36.3 Å². The van der Waals surface area contributed by atoms with Gasteiger partial charge in [0, 0.05) is 18.4 Å². The Morgan fingerprint density at radius 2 is 1.39 bits per heavy atom. The molecule has 3 amide bonds. The first-order chi connectivity index (χ1) is 15.9. The third kappa shape index (κ3) is 5.06. The molecule has 33 heavy (non-hydrogen) atoms. The number of halogens is 2. The van der Waals surface area contributed by atoms with Crippen LogP contribution < -0.4 is 15.0 Å². The second-order valence-corrected chi connectivity index (χ2v) is 7.43. The van der Waals surface area contributed by atoms with Crippen LogP contribution in [0, 0.1) is 0 Å². The zero-order chi connectivity index (χ0) is 23.4. The zero-order valence-corrected chi connectivity index (χ0v) is 17.4. The number of anilines is 1.